The van der Waals surface area contributed by atoms with Gasteiger partial charge in [-0.2, -0.15) is 0 Å². The highest BCUT2D eigenvalue weighted by molar-refractivity contribution is 8.01. The van der Waals surface area contributed by atoms with Crippen LogP contribution in [0.5, 0.6) is 0 Å². The summed E-state index contributed by atoms with van der Waals surface area (Å²) in [4.78, 5) is 15.4. The molecule has 0 radical (unpaired) electrons. The number of fused-ring (bicyclic) bond motifs is 1. The summed E-state index contributed by atoms with van der Waals surface area (Å²) in [5.74, 6) is -0.0970. The number of hydrogen-bond acceptors (Lipinski definition) is 6. The third kappa shape index (κ3) is 2.27. The lowest BCUT2D eigenvalue weighted by molar-refractivity contribution is 0.0697. The number of benzene rings is 1. The second-order valence-electron chi connectivity index (χ2n) is 4.16. The van der Waals surface area contributed by atoms with Crippen molar-refractivity contribution in [2.75, 3.05) is 0 Å². The number of nitrogens with zero attached hydrogens (tertiary/aromatic N) is 4. The van der Waals surface area contributed by atoms with E-state index in [9.17, 15) is 4.79 Å². The first-order valence-electron chi connectivity index (χ1n) is 5.72. The summed E-state index contributed by atoms with van der Waals surface area (Å²) in [6.07, 6.45) is 0. The Morgan fingerprint density at radius 2 is 2.20 bits per heavy atom. The van der Waals surface area contributed by atoms with Crippen LogP contribution in [0.1, 0.15) is 16.2 Å². The molecule has 2 heterocycles. The van der Waals surface area contributed by atoms with Crippen molar-refractivity contribution in [3.63, 3.8) is 0 Å². The number of carbonyl (C=O) groups is 1. The number of rotatable bonds is 3. The number of aromatic nitrogens is 4. The smallest absolute Gasteiger partial charge is 0.335 e. The summed E-state index contributed by atoms with van der Waals surface area (Å²) in [5.41, 5.74) is 1.06. The van der Waals surface area contributed by atoms with Gasteiger partial charge in [0.15, 0.2) is 9.50 Å². The number of hydrogen-bond donors (Lipinski definition) is 1. The highest BCUT2D eigenvalue weighted by Gasteiger charge is 2.12. The molecule has 1 N–H and O–H groups in total. The highest BCUT2D eigenvalue weighted by atomic mass is 32.2. The first-order valence-corrected chi connectivity index (χ1v) is 7.35. The van der Waals surface area contributed by atoms with Gasteiger partial charge in [0.25, 0.3) is 0 Å². The minimum atomic E-state index is -0.932. The zero-order chi connectivity index (χ0) is 14.3. The van der Waals surface area contributed by atoms with Gasteiger partial charge in [0, 0.05) is 7.05 Å². The van der Waals surface area contributed by atoms with Gasteiger partial charge in [-0.25, -0.2) is 9.78 Å². The molecule has 2 aromatic heterocycles. The predicted octanol–water partition coefficient (Wildman–Crippen LogP) is 2.58. The van der Waals surface area contributed by atoms with Crippen LogP contribution < -0.4 is 0 Å². The van der Waals surface area contributed by atoms with Crippen LogP contribution in [0, 0.1) is 6.92 Å². The summed E-state index contributed by atoms with van der Waals surface area (Å²) in [7, 11) is 1.90. The Hall–Kier alpha value is -1.93. The van der Waals surface area contributed by atoms with Crippen LogP contribution in [0.2, 0.25) is 0 Å². The van der Waals surface area contributed by atoms with Crippen molar-refractivity contribution in [2.45, 2.75) is 16.4 Å². The van der Waals surface area contributed by atoms with E-state index in [1.54, 1.807) is 18.2 Å². The second-order valence-corrected chi connectivity index (χ2v) is 6.40. The highest BCUT2D eigenvalue weighted by Crippen LogP contribution is 2.33. The topological polar surface area (TPSA) is 80.9 Å². The molecule has 0 saturated heterocycles. The summed E-state index contributed by atoms with van der Waals surface area (Å²) < 4.78 is 3.56. The minimum Gasteiger partial charge on any atom is -0.478 e. The van der Waals surface area contributed by atoms with Gasteiger partial charge in [0.05, 0.1) is 15.8 Å². The van der Waals surface area contributed by atoms with Gasteiger partial charge in [0.1, 0.15) is 5.82 Å². The maximum atomic E-state index is 10.9. The quantitative estimate of drug-likeness (QED) is 0.801. The van der Waals surface area contributed by atoms with Gasteiger partial charge in [-0.1, -0.05) is 0 Å². The normalized spacial score (nSPS) is 11.1. The standard InChI is InChI=1S/C12H10N4O2S2/c1-6-14-15-11(16(6)2)20-12-13-8-4-3-7(10(17)18)5-9(8)19-12/h3-5H,1-2H3,(H,17,18). The Morgan fingerprint density at radius 1 is 1.40 bits per heavy atom. The van der Waals surface area contributed by atoms with Gasteiger partial charge in [0.2, 0.25) is 0 Å². The number of aromatic carboxylic acids is 1. The fourth-order valence-corrected chi connectivity index (χ4v) is 3.68. The van der Waals surface area contributed by atoms with Crippen molar-refractivity contribution < 1.29 is 9.90 Å². The van der Waals surface area contributed by atoms with Crippen molar-refractivity contribution in [2.24, 2.45) is 7.05 Å². The van der Waals surface area contributed by atoms with Gasteiger partial charge in [-0.15, -0.1) is 21.5 Å². The van der Waals surface area contributed by atoms with Crippen molar-refractivity contribution in [1.29, 1.82) is 0 Å². The van der Waals surface area contributed by atoms with E-state index in [2.05, 4.69) is 15.2 Å². The van der Waals surface area contributed by atoms with E-state index in [-0.39, 0.29) is 5.56 Å². The molecule has 0 aliphatic rings. The van der Waals surface area contributed by atoms with E-state index >= 15 is 0 Å². The summed E-state index contributed by atoms with van der Waals surface area (Å²) in [6.45, 7) is 1.88. The lowest BCUT2D eigenvalue weighted by Crippen LogP contribution is -1.94. The van der Waals surface area contributed by atoms with Crippen molar-refractivity contribution in [3.05, 3.63) is 29.6 Å². The number of thiazole rings is 1. The third-order valence-corrected chi connectivity index (χ3v) is 4.96. The molecular formula is C12H10N4O2S2. The van der Waals surface area contributed by atoms with E-state index in [1.165, 1.54) is 23.1 Å². The van der Waals surface area contributed by atoms with Gasteiger partial charge in [-0.05, 0) is 36.9 Å². The number of aryl methyl sites for hydroxylation is 1. The van der Waals surface area contributed by atoms with Crippen LogP contribution in [-0.2, 0) is 7.05 Å². The monoisotopic (exact) mass is 306 g/mol. The molecule has 3 aromatic rings. The molecule has 8 heteroatoms. The van der Waals surface area contributed by atoms with Crippen LogP contribution in [0.3, 0.4) is 0 Å². The Balaban J connectivity index is 1.97. The van der Waals surface area contributed by atoms with Crippen molar-refractivity contribution in [3.8, 4) is 0 Å². The van der Waals surface area contributed by atoms with Gasteiger partial charge >= 0.3 is 5.97 Å². The predicted molar refractivity (Wildman–Crippen MR) is 76.4 cm³/mol. The Labute approximate surface area is 122 Å². The Kier molecular flexibility index (Phi) is 3.19. The number of carboxylic acid groups (broad SMARTS) is 1. The minimum absolute atomic E-state index is 0.271. The zero-order valence-corrected chi connectivity index (χ0v) is 12.3. The maximum absolute atomic E-state index is 10.9. The summed E-state index contributed by atoms with van der Waals surface area (Å²) >= 11 is 2.87. The molecule has 0 unspecified atom stereocenters. The van der Waals surface area contributed by atoms with E-state index in [1.807, 2.05) is 18.5 Å². The Bertz CT molecular complexity index is 809. The molecule has 0 bridgehead atoms. The fourth-order valence-electron chi connectivity index (χ4n) is 1.63. The number of carboxylic acids is 1. The summed E-state index contributed by atoms with van der Waals surface area (Å²) in [6, 6.07) is 4.92. The average Bonchev–Trinajstić information content (AvgIpc) is 2.95. The van der Waals surface area contributed by atoms with E-state index in [4.69, 9.17) is 5.11 Å². The van der Waals surface area contributed by atoms with Gasteiger partial charge < -0.3 is 9.67 Å². The van der Waals surface area contributed by atoms with Crippen LogP contribution in [0.4, 0.5) is 0 Å². The van der Waals surface area contributed by atoms with Crippen LogP contribution in [-0.4, -0.2) is 30.8 Å². The molecule has 0 amide bonds. The lowest BCUT2D eigenvalue weighted by Gasteiger charge is -1.96. The first-order chi connectivity index (χ1) is 9.54. The molecule has 102 valence electrons. The van der Waals surface area contributed by atoms with E-state index in [0.717, 1.165) is 25.5 Å². The molecule has 0 spiro atoms. The molecule has 0 atom stereocenters. The molecule has 0 saturated carbocycles. The largest absolute Gasteiger partial charge is 0.478 e. The third-order valence-electron chi connectivity index (χ3n) is 2.85. The maximum Gasteiger partial charge on any atom is 0.335 e. The molecule has 6 nitrogen and oxygen atoms in total. The lowest BCUT2D eigenvalue weighted by atomic mass is 10.2. The molecule has 20 heavy (non-hydrogen) atoms. The molecule has 0 fully saturated rings. The first kappa shape index (κ1) is 13.1. The van der Waals surface area contributed by atoms with Crippen molar-refractivity contribution in [1.82, 2.24) is 19.7 Å². The molecule has 1 aromatic carbocycles. The average molecular weight is 306 g/mol. The summed E-state index contributed by atoms with van der Waals surface area (Å²) in [5, 5.41) is 17.8. The second kappa shape index (κ2) is 4.88. The Morgan fingerprint density at radius 3 is 2.85 bits per heavy atom. The fraction of sp³-hybridized carbons (Fsp3) is 0.167. The van der Waals surface area contributed by atoms with Crippen molar-refractivity contribution >= 4 is 39.3 Å². The van der Waals surface area contributed by atoms with Crippen LogP contribution in [0.25, 0.3) is 10.2 Å². The zero-order valence-electron chi connectivity index (χ0n) is 10.7. The van der Waals surface area contributed by atoms with Crippen LogP contribution >= 0.6 is 23.1 Å². The SMILES string of the molecule is Cc1nnc(Sc2nc3ccc(C(=O)O)cc3s2)n1C. The molecule has 0 aliphatic heterocycles. The van der Waals surface area contributed by atoms with Gasteiger partial charge in [-0.3, -0.25) is 0 Å². The molecule has 0 aliphatic carbocycles. The van der Waals surface area contributed by atoms with E-state index < -0.39 is 5.97 Å². The molecule has 3 rings (SSSR count). The van der Waals surface area contributed by atoms with Crippen LogP contribution in [0.15, 0.2) is 27.7 Å². The van der Waals surface area contributed by atoms with E-state index in [0.29, 0.717) is 0 Å². The molecular weight excluding hydrogens is 296 g/mol.